The average Bonchev–Trinajstić information content (AvgIpc) is 2.82. The fourth-order valence-electron chi connectivity index (χ4n) is 1.88. The monoisotopic (exact) mass is 263 g/mol. The van der Waals surface area contributed by atoms with Crippen LogP contribution in [0.5, 0.6) is 0 Å². The van der Waals surface area contributed by atoms with Gasteiger partial charge in [0, 0.05) is 6.42 Å². The summed E-state index contributed by atoms with van der Waals surface area (Å²) in [5, 5.41) is 35.4. The van der Waals surface area contributed by atoms with Gasteiger partial charge in [-0.05, 0) is 5.56 Å². The molecule has 0 bridgehead atoms. The highest BCUT2D eigenvalue weighted by atomic mass is 16.3. The van der Waals surface area contributed by atoms with Crippen LogP contribution in [0.25, 0.3) is 0 Å². The van der Waals surface area contributed by atoms with Crippen LogP contribution in [0, 0.1) is 0 Å². The molecular formula is C13H17N3O3. The summed E-state index contributed by atoms with van der Waals surface area (Å²) in [5.74, 6) is 0. The van der Waals surface area contributed by atoms with E-state index in [1.807, 2.05) is 30.3 Å². The highest BCUT2D eigenvalue weighted by molar-refractivity contribution is 5.23. The number of aromatic nitrogens is 3. The van der Waals surface area contributed by atoms with Crippen LogP contribution in [0.4, 0.5) is 0 Å². The van der Waals surface area contributed by atoms with Crippen molar-refractivity contribution in [1.82, 2.24) is 15.0 Å². The van der Waals surface area contributed by atoms with E-state index >= 15 is 0 Å². The smallest absolute Gasteiger partial charge is 0.112 e. The minimum Gasteiger partial charge on any atom is -0.394 e. The van der Waals surface area contributed by atoms with Gasteiger partial charge in [-0.15, -0.1) is 5.10 Å². The zero-order valence-corrected chi connectivity index (χ0v) is 10.5. The Labute approximate surface area is 110 Å². The van der Waals surface area contributed by atoms with Crippen LogP contribution < -0.4 is 0 Å². The lowest BCUT2D eigenvalue weighted by molar-refractivity contribution is 0.0771. The molecule has 2 aromatic rings. The predicted molar refractivity (Wildman–Crippen MR) is 68.3 cm³/mol. The zero-order chi connectivity index (χ0) is 13.7. The molecule has 2 rings (SSSR count). The van der Waals surface area contributed by atoms with Crippen LogP contribution >= 0.6 is 0 Å². The first-order valence-corrected chi connectivity index (χ1v) is 6.09. The SMILES string of the molecule is OCc1nnn(CC(O)CO)c1Cc1ccccc1. The normalized spacial score (nSPS) is 12.6. The third-order valence-electron chi connectivity index (χ3n) is 2.88. The van der Waals surface area contributed by atoms with Crippen molar-refractivity contribution in [3.8, 4) is 0 Å². The third-order valence-corrected chi connectivity index (χ3v) is 2.88. The maximum atomic E-state index is 9.48. The first kappa shape index (κ1) is 13.7. The molecule has 0 aliphatic rings. The lowest BCUT2D eigenvalue weighted by atomic mass is 10.1. The molecule has 0 spiro atoms. The van der Waals surface area contributed by atoms with E-state index < -0.39 is 6.10 Å². The summed E-state index contributed by atoms with van der Waals surface area (Å²) in [6.07, 6.45) is -0.315. The van der Waals surface area contributed by atoms with Crippen LogP contribution in [0.1, 0.15) is 17.0 Å². The van der Waals surface area contributed by atoms with Gasteiger partial charge >= 0.3 is 0 Å². The Balaban J connectivity index is 2.24. The minimum absolute atomic E-state index is 0.158. The Kier molecular flexibility index (Phi) is 4.62. The molecule has 19 heavy (non-hydrogen) atoms. The molecule has 0 fully saturated rings. The number of aliphatic hydroxyl groups excluding tert-OH is 3. The van der Waals surface area contributed by atoms with E-state index in [0.717, 1.165) is 11.3 Å². The van der Waals surface area contributed by atoms with Gasteiger partial charge in [-0.2, -0.15) is 0 Å². The Hall–Kier alpha value is -1.76. The second-order valence-corrected chi connectivity index (χ2v) is 4.32. The topological polar surface area (TPSA) is 91.4 Å². The van der Waals surface area contributed by atoms with Crippen molar-refractivity contribution in [2.75, 3.05) is 6.61 Å². The third kappa shape index (κ3) is 3.37. The summed E-state index contributed by atoms with van der Waals surface area (Å²) in [6.45, 7) is -0.373. The molecule has 102 valence electrons. The van der Waals surface area contributed by atoms with Crippen molar-refractivity contribution >= 4 is 0 Å². The molecule has 0 amide bonds. The molecule has 1 heterocycles. The zero-order valence-electron chi connectivity index (χ0n) is 10.5. The first-order chi connectivity index (χ1) is 9.24. The second-order valence-electron chi connectivity index (χ2n) is 4.32. The van der Waals surface area contributed by atoms with Gasteiger partial charge < -0.3 is 15.3 Å². The van der Waals surface area contributed by atoms with Gasteiger partial charge in [-0.1, -0.05) is 35.5 Å². The summed E-state index contributed by atoms with van der Waals surface area (Å²) < 4.78 is 1.53. The van der Waals surface area contributed by atoms with E-state index in [9.17, 15) is 10.2 Å². The van der Waals surface area contributed by atoms with Crippen molar-refractivity contribution < 1.29 is 15.3 Å². The van der Waals surface area contributed by atoms with Gasteiger partial charge in [0.15, 0.2) is 0 Å². The molecule has 6 nitrogen and oxygen atoms in total. The number of rotatable bonds is 6. The van der Waals surface area contributed by atoms with E-state index in [1.54, 1.807) is 0 Å². The molecule has 6 heteroatoms. The summed E-state index contributed by atoms with van der Waals surface area (Å²) in [7, 11) is 0. The van der Waals surface area contributed by atoms with Gasteiger partial charge in [0.05, 0.1) is 31.6 Å². The number of benzene rings is 1. The number of hydrogen-bond acceptors (Lipinski definition) is 5. The maximum Gasteiger partial charge on any atom is 0.112 e. The Morgan fingerprint density at radius 2 is 1.89 bits per heavy atom. The van der Waals surface area contributed by atoms with E-state index in [-0.39, 0.29) is 19.8 Å². The van der Waals surface area contributed by atoms with Gasteiger partial charge in [-0.25, -0.2) is 4.68 Å². The van der Waals surface area contributed by atoms with Gasteiger partial charge in [0.1, 0.15) is 5.69 Å². The number of aliphatic hydroxyl groups is 3. The molecule has 0 saturated heterocycles. The number of nitrogens with zero attached hydrogens (tertiary/aromatic N) is 3. The first-order valence-electron chi connectivity index (χ1n) is 6.09. The molecular weight excluding hydrogens is 246 g/mol. The van der Waals surface area contributed by atoms with E-state index in [0.29, 0.717) is 12.1 Å². The Morgan fingerprint density at radius 3 is 2.53 bits per heavy atom. The molecule has 1 aromatic carbocycles. The van der Waals surface area contributed by atoms with E-state index in [2.05, 4.69) is 10.3 Å². The highest BCUT2D eigenvalue weighted by Gasteiger charge is 2.15. The minimum atomic E-state index is -0.886. The van der Waals surface area contributed by atoms with Crippen molar-refractivity contribution in [3.05, 3.63) is 47.3 Å². The van der Waals surface area contributed by atoms with Crippen LogP contribution in [0.2, 0.25) is 0 Å². The molecule has 0 aliphatic carbocycles. The summed E-state index contributed by atoms with van der Waals surface area (Å²) >= 11 is 0. The second kappa shape index (κ2) is 6.42. The molecule has 1 atom stereocenters. The predicted octanol–water partition coefficient (Wildman–Crippen LogP) is -0.286. The van der Waals surface area contributed by atoms with Crippen molar-refractivity contribution in [2.24, 2.45) is 0 Å². The fraction of sp³-hybridized carbons (Fsp3) is 0.385. The van der Waals surface area contributed by atoms with Gasteiger partial charge in [-0.3, -0.25) is 0 Å². The maximum absolute atomic E-state index is 9.48. The quantitative estimate of drug-likeness (QED) is 0.666. The lowest BCUT2D eigenvalue weighted by Gasteiger charge is -2.10. The Morgan fingerprint density at radius 1 is 1.16 bits per heavy atom. The summed E-state index contributed by atoms with van der Waals surface area (Å²) in [4.78, 5) is 0. The van der Waals surface area contributed by atoms with Gasteiger partial charge in [0.25, 0.3) is 0 Å². The molecule has 1 unspecified atom stereocenters. The standard InChI is InChI=1S/C13H17N3O3/c17-8-11(19)7-16-13(12(9-18)14-15-16)6-10-4-2-1-3-5-10/h1-5,11,17-19H,6-9H2. The van der Waals surface area contributed by atoms with Crippen LogP contribution in [0.3, 0.4) is 0 Å². The molecule has 1 aromatic heterocycles. The molecule has 0 radical (unpaired) electrons. The average molecular weight is 263 g/mol. The fourth-order valence-corrected chi connectivity index (χ4v) is 1.88. The van der Waals surface area contributed by atoms with Crippen LogP contribution in [-0.2, 0) is 19.6 Å². The summed E-state index contributed by atoms with van der Waals surface area (Å²) in [5.41, 5.74) is 2.31. The van der Waals surface area contributed by atoms with Crippen LogP contribution in [-0.4, -0.2) is 43.0 Å². The summed E-state index contributed by atoms with van der Waals surface area (Å²) in [6, 6.07) is 9.75. The van der Waals surface area contributed by atoms with Crippen molar-refractivity contribution in [2.45, 2.75) is 25.7 Å². The van der Waals surface area contributed by atoms with Gasteiger partial charge in [0.2, 0.25) is 0 Å². The van der Waals surface area contributed by atoms with Crippen LogP contribution in [0.15, 0.2) is 30.3 Å². The Bertz CT molecular complexity index is 513. The van der Waals surface area contributed by atoms with Crippen molar-refractivity contribution in [3.63, 3.8) is 0 Å². The molecule has 0 aliphatic heterocycles. The van der Waals surface area contributed by atoms with Crippen molar-refractivity contribution in [1.29, 1.82) is 0 Å². The lowest BCUT2D eigenvalue weighted by Crippen LogP contribution is -2.22. The largest absolute Gasteiger partial charge is 0.394 e. The molecule has 0 saturated carbocycles. The molecule has 3 N–H and O–H groups in total. The van der Waals surface area contributed by atoms with E-state index in [4.69, 9.17) is 5.11 Å². The number of hydrogen-bond donors (Lipinski definition) is 3. The highest BCUT2D eigenvalue weighted by Crippen LogP contribution is 2.13. The van der Waals surface area contributed by atoms with E-state index in [1.165, 1.54) is 4.68 Å².